The number of hydrogen-bond acceptors (Lipinski definition) is 2. The molecule has 0 bridgehead atoms. The van der Waals surface area contributed by atoms with E-state index in [4.69, 9.17) is 0 Å². The van der Waals surface area contributed by atoms with Gasteiger partial charge in [-0.25, -0.2) is 0 Å². The third kappa shape index (κ3) is 1.48. The number of nitrogens with zero attached hydrogens (tertiary/aromatic N) is 1. The first-order chi connectivity index (χ1) is 6.18. The van der Waals surface area contributed by atoms with Gasteiger partial charge in [0.05, 0.1) is 5.52 Å². The van der Waals surface area contributed by atoms with Crippen molar-refractivity contribution in [1.82, 2.24) is 4.98 Å². The minimum absolute atomic E-state index is 0.000819. The van der Waals surface area contributed by atoms with Crippen LogP contribution < -0.4 is 5.11 Å². The Hall–Kier alpha value is -0.840. The van der Waals surface area contributed by atoms with Crippen LogP contribution in [-0.4, -0.2) is 4.98 Å². The van der Waals surface area contributed by atoms with Crippen LogP contribution in [0.4, 0.5) is 0 Å². The topological polar surface area (TPSA) is 36.0 Å². The van der Waals surface area contributed by atoms with Crippen molar-refractivity contribution in [3.8, 4) is 5.75 Å². The maximum Gasteiger partial charge on any atom is 0.0637 e. The van der Waals surface area contributed by atoms with E-state index in [9.17, 15) is 5.11 Å². The van der Waals surface area contributed by atoms with Crippen LogP contribution >= 0.6 is 22.6 Å². The molecule has 1 heterocycles. The number of halogens is 1. The van der Waals surface area contributed by atoms with E-state index in [0.29, 0.717) is 5.52 Å². The van der Waals surface area contributed by atoms with Gasteiger partial charge in [-0.05, 0) is 47.7 Å². The minimum Gasteiger partial charge on any atom is -0.871 e. The molecule has 2 aromatic rings. The Morgan fingerprint density at radius 3 is 2.77 bits per heavy atom. The zero-order chi connectivity index (χ0) is 9.42. The van der Waals surface area contributed by atoms with Crippen molar-refractivity contribution in [2.75, 3.05) is 0 Å². The maximum atomic E-state index is 11.4. The zero-order valence-electron chi connectivity index (χ0n) is 7.04. The molecule has 2 nitrogen and oxygen atoms in total. The molecule has 13 heavy (non-hydrogen) atoms. The average molecular weight is 284 g/mol. The van der Waals surface area contributed by atoms with E-state index in [1.165, 1.54) is 0 Å². The molecule has 0 N–H and O–H groups in total. The Kier molecular flexibility index (Phi) is 2.11. The molecule has 0 fully saturated rings. The van der Waals surface area contributed by atoms with Gasteiger partial charge in [0.1, 0.15) is 0 Å². The van der Waals surface area contributed by atoms with Gasteiger partial charge in [-0.3, -0.25) is 4.98 Å². The van der Waals surface area contributed by atoms with Crippen LogP contribution in [0.15, 0.2) is 24.3 Å². The number of aromatic nitrogens is 1. The zero-order valence-corrected chi connectivity index (χ0v) is 9.20. The first-order valence-corrected chi connectivity index (χ1v) is 4.99. The highest BCUT2D eigenvalue weighted by Gasteiger charge is 1.99. The van der Waals surface area contributed by atoms with Crippen molar-refractivity contribution >= 4 is 33.5 Å². The molecule has 0 aliphatic carbocycles. The van der Waals surface area contributed by atoms with Gasteiger partial charge in [0.25, 0.3) is 0 Å². The fourth-order valence-electron chi connectivity index (χ4n) is 1.25. The third-order valence-corrected chi connectivity index (χ3v) is 2.85. The van der Waals surface area contributed by atoms with Crippen LogP contribution in [0, 0.1) is 10.5 Å². The van der Waals surface area contributed by atoms with Crippen LogP contribution in [0.2, 0.25) is 0 Å². The summed E-state index contributed by atoms with van der Waals surface area (Å²) in [6.07, 6.45) is 0. The van der Waals surface area contributed by atoms with Gasteiger partial charge in [0.2, 0.25) is 0 Å². The van der Waals surface area contributed by atoms with E-state index in [2.05, 4.69) is 27.6 Å². The summed E-state index contributed by atoms with van der Waals surface area (Å²) in [4.78, 5) is 4.22. The van der Waals surface area contributed by atoms with Crippen molar-refractivity contribution < 1.29 is 5.11 Å². The van der Waals surface area contributed by atoms with E-state index in [1.54, 1.807) is 6.07 Å². The molecule has 0 spiro atoms. The maximum absolute atomic E-state index is 11.4. The number of benzene rings is 1. The van der Waals surface area contributed by atoms with Crippen molar-refractivity contribution in [3.05, 3.63) is 33.5 Å². The molecule has 3 heteroatoms. The summed E-state index contributed by atoms with van der Waals surface area (Å²) >= 11 is 2.21. The second-order valence-corrected chi connectivity index (χ2v) is 4.06. The van der Waals surface area contributed by atoms with Crippen LogP contribution in [0.5, 0.6) is 5.75 Å². The second-order valence-electron chi connectivity index (χ2n) is 2.89. The molecule has 66 valence electrons. The molecular weight excluding hydrogens is 277 g/mol. The molecule has 0 radical (unpaired) electrons. The lowest BCUT2D eigenvalue weighted by Crippen LogP contribution is -1.95. The van der Waals surface area contributed by atoms with E-state index in [1.807, 2.05) is 25.1 Å². The highest BCUT2D eigenvalue weighted by atomic mass is 127. The predicted molar refractivity (Wildman–Crippen MR) is 58.6 cm³/mol. The Labute approximate surface area is 89.8 Å². The van der Waals surface area contributed by atoms with Gasteiger partial charge in [-0.1, -0.05) is 11.8 Å². The fourth-order valence-corrected chi connectivity index (χ4v) is 1.87. The Morgan fingerprint density at radius 2 is 2.00 bits per heavy atom. The fraction of sp³-hybridized carbons (Fsp3) is 0.100. The summed E-state index contributed by atoms with van der Waals surface area (Å²) in [6, 6.07) is 7.25. The van der Waals surface area contributed by atoms with Crippen molar-refractivity contribution in [3.63, 3.8) is 0 Å². The van der Waals surface area contributed by atoms with Crippen molar-refractivity contribution in [1.29, 1.82) is 0 Å². The molecule has 2 rings (SSSR count). The minimum atomic E-state index is -0.000819. The highest BCUT2D eigenvalue weighted by Crippen LogP contribution is 2.25. The summed E-state index contributed by atoms with van der Waals surface area (Å²) in [7, 11) is 0. The van der Waals surface area contributed by atoms with Gasteiger partial charge in [-0.2, -0.15) is 0 Å². The predicted octanol–water partition coefficient (Wildman–Crippen LogP) is 2.22. The lowest BCUT2D eigenvalue weighted by atomic mass is 10.2. The van der Waals surface area contributed by atoms with Crippen molar-refractivity contribution in [2.24, 2.45) is 0 Å². The number of rotatable bonds is 0. The van der Waals surface area contributed by atoms with Gasteiger partial charge in [-0.15, -0.1) is 0 Å². The first kappa shape index (κ1) is 8.74. The summed E-state index contributed by atoms with van der Waals surface area (Å²) in [5, 5.41) is 12.4. The molecule has 1 aromatic carbocycles. The molecule has 0 saturated carbocycles. The molecule has 0 unspecified atom stereocenters. The highest BCUT2D eigenvalue weighted by molar-refractivity contribution is 14.1. The Balaban J connectivity index is 2.92. The number of hydrogen-bond donors (Lipinski definition) is 0. The molecule has 0 aliphatic heterocycles. The van der Waals surface area contributed by atoms with Crippen LogP contribution in [0.3, 0.4) is 0 Å². The van der Waals surface area contributed by atoms with Gasteiger partial charge in [0, 0.05) is 14.7 Å². The third-order valence-electron chi connectivity index (χ3n) is 1.91. The quantitative estimate of drug-likeness (QED) is 0.695. The van der Waals surface area contributed by atoms with Gasteiger partial charge < -0.3 is 5.11 Å². The molecule has 1 aromatic heterocycles. The average Bonchev–Trinajstić information content (AvgIpc) is 2.12. The normalized spacial score (nSPS) is 10.6. The lowest BCUT2D eigenvalue weighted by Gasteiger charge is -2.10. The van der Waals surface area contributed by atoms with Gasteiger partial charge >= 0.3 is 0 Å². The molecule has 0 saturated heterocycles. The number of pyridine rings is 1. The Bertz CT molecular complexity index is 468. The second kappa shape index (κ2) is 3.14. The van der Waals surface area contributed by atoms with E-state index in [-0.39, 0.29) is 5.75 Å². The Morgan fingerprint density at radius 1 is 1.23 bits per heavy atom. The van der Waals surface area contributed by atoms with Crippen LogP contribution in [-0.2, 0) is 0 Å². The van der Waals surface area contributed by atoms with Gasteiger partial charge in [0.15, 0.2) is 0 Å². The summed E-state index contributed by atoms with van der Waals surface area (Å²) < 4.78 is 1.07. The lowest BCUT2D eigenvalue weighted by molar-refractivity contribution is -0.266. The largest absolute Gasteiger partial charge is 0.871 e. The van der Waals surface area contributed by atoms with Crippen LogP contribution in [0.1, 0.15) is 5.69 Å². The van der Waals surface area contributed by atoms with E-state index in [0.717, 1.165) is 14.7 Å². The summed E-state index contributed by atoms with van der Waals surface area (Å²) in [5.74, 6) is -0.000819. The molecule has 0 aliphatic rings. The standard InChI is InChI=1S/C10H8INO/c1-6-2-3-7-8(11)4-5-9(13)10(7)12-6/h2-5,13H,1H3/p-1. The first-order valence-electron chi connectivity index (χ1n) is 3.91. The molecule has 0 atom stereocenters. The van der Waals surface area contributed by atoms with E-state index >= 15 is 0 Å². The van der Waals surface area contributed by atoms with Crippen molar-refractivity contribution in [2.45, 2.75) is 6.92 Å². The summed E-state index contributed by atoms with van der Waals surface area (Å²) in [6.45, 7) is 1.89. The molecular formula is C10H7INO-. The summed E-state index contributed by atoms with van der Waals surface area (Å²) in [5.41, 5.74) is 1.46. The van der Waals surface area contributed by atoms with Crippen LogP contribution in [0.25, 0.3) is 10.9 Å². The number of fused-ring (bicyclic) bond motifs is 1. The smallest absolute Gasteiger partial charge is 0.0637 e. The SMILES string of the molecule is Cc1ccc2c(I)ccc([O-])c2n1. The molecule has 0 amide bonds. The van der Waals surface area contributed by atoms with E-state index < -0.39 is 0 Å². The monoisotopic (exact) mass is 284 g/mol. The number of aryl methyl sites for hydroxylation is 1.